The molecule has 1 aromatic rings. The molecule has 0 aromatic heterocycles. The number of benzene rings is 1. The molecule has 7 heteroatoms. The fourth-order valence-corrected chi connectivity index (χ4v) is 3.13. The zero-order valence-electron chi connectivity index (χ0n) is 12.8. The third-order valence-corrected chi connectivity index (χ3v) is 4.96. The van der Waals surface area contributed by atoms with E-state index >= 15 is 0 Å². The molecule has 6 nitrogen and oxygen atoms in total. The SMILES string of the molecule is C[C@@H](C(=O)NCCc1ccc(S(N)(=O)=O)cc1)N1CCCC1. The van der Waals surface area contributed by atoms with Crippen LogP contribution in [0.2, 0.25) is 0 Å². The van der Waals surface area contributed by atoms with Gasteiger partial charge < -0.3 is 5.32 Å². The Morgan fingerprint density at radius 1 is 1.27 bits per heavy atom. The van der Waals surface area contributed by atoms with Crippen LogP contribution in [0.15, 0.2) is 29.2 Å². The molecule has 0 bridgehead atoms. The van der Waals surface area contributed by atoms with Gasteiger partial charge in [0.15, 0.2) is 0 Å². The lowest BCUT2D eigenvalue weighted by Crippen LogP contribution is -2.44. The van der Waals surface area contributed by atoms with Crippen molar-refractivity contribution >= 4 is 15.9 Å². The predicted molar refractivity (Wildman–Crippen MR) is 84.8 cm³/mol. The first-order valence-electron chi connectivity index (χ1n) is 7.51. The van der Waals surface area contributed by atoms with Crippen molar-refractivity contribution in [2.24, 2.45) is 5.14 Å². The van der Waals surface area contributed by atoms with Gasteiger partial charge in [-0.25, -0.2) is 13.6 Å². The summed E-state index contributed by atoms with van der Waals surface area (Å²) in [6.07, 6.45) is 2.98. The number of carbonyl (C=O) groups excluding carboxylic acids is 1. The fourth-order valence-electron chi connectivity index (χ4n) is 2.62. The molecule has 0 spiro atoms. The number of rotatable bonds is 6. The number of hydrogen-bond donors (Lipinski definition) is 2. The summed E-state index contributed by atoms with van der Waals surface area (Å²) >= 11 is 0. The van der Waals surface area contributed by atoms with E-state index in [0.29, 0.717) is 13.0 Å². The summed E-state index contributed by atoms with van der Waals surface area (Å²) in [6, 6.07) is 6.32. The maximum absolute atomic E-state index is 12.1. The second-order valence-electron chi connectivity index (χ2n) is 5.65. The molecule has 1 aliphatic rings. The highest BCUT2D eigenvalue weighted by molar-refractivity contribution is 7.89. The summed E-state index contributed by atoms with van der Waals surface area (Å²) in [7, 11) is -3.65. The van der Waals surface area contributed by atoms with Gasteiger partial charge in [-0.2, -0.15) is 0 Å². The van der Waals surface area contributed by atoms with Crippen molar-refractivity contribution < 1.29 is 13.2 Å². The molecule has 1 aliphatic heterocycles. The smallest absolute Gasteiger partial charge is 0.238 e. The highest BCUT2D eigenvalue weighted by Gasteiger charge is 2.23. The molecule has 1 saturated heterocycles. The summed E-state index contributed by atoms with van der Waals surface area (Å²) in [5.74, 6) is 0.0445. The van der Waals surface area contributed by atoms with Crippen molar-refractivity contribution in [2.45, 2.75) is 37.1 Å². The van der Waals surface area contributed by atoms with Gasteiger partial charge in [-0.1, -0.05) is 12.1 Å². The number of carbonyl (C=O) groups is 1. The summed E-state index contributed by atoms with van der Waals surface area (Å²) in [5.41, 5.74) is 0.960. The molecule has 0 radical (unpaired) electrons. The third kappa shape index (κ3) is 4.53. The second-order valence-corrected chi connectivity index (χ2v) is 7.21. The molecule has 0 unspecified atom stereocenters. The molecule has 2 rings (SSSR count). The number of nitrogens with two attached hydrogens (primary N) is 1. The van der Waals surface area contributed by atoms with Crippen molar-refractivity contribution in [2.75, 3.05) is 19.6 Å². The van der Waals surface area contributed by atoms with E-state index in [2.05, 4.69) is 10.2 Å². The standard InChI is InChI=1S/C15H23N3O3S/c1-12(18-10-2-3-11-18)15(19)17-9-8-13-4-6-14(7-5-13)22(16,20)21/h4-7,12H,2-3,8-11H2,1H3,(H,17,19)(H2,16,20,21)/t12-/m0/s1. The number of hydrogen-bond acceptors (Lipinski definition) is 4. The van der Waals surface area contributed by atoms with Gasteiger partial charge in [0.05, 0.1) is 10.9 Å². The van der Waals surface area contributed by atoms with E-state index in [1.165, 1.54) is 12.1 Å². The predicted octanol–water partition coefficient (Wildman–Crippen LogP) is 0.477. The number of nitrogens with zero attached hydrogens (tertiary/aromatic N) is 1. The fraction of sp³-hybridized carbons (Fsp3) is 0.533. The average Bonchev–Trinajstić information content (AvgIpc) is 3.00. The van der Waals surface area contributed by atoms with E-state index < -0.39 is 10.0 Å². The molecule has 3 N–H and O–H groups in total. The van der Waals surface area contributed by atoms with Crippen LogP contribution in [0.25, 0.3) is 0 Å². The molecule has 1 amide bonds. The zero-order valence-corrected chi connectivity index (χ0v) is 13.6. The Morgan fingerprint density at radius 3 is 2.41 bits per heavy atom. The lowest BCUT2D eigenvalue weighted by atomic mass is 10.1. The highest BCUT2D eigenvalue weighted by Crippen LogP contribution is 2.12. The van der Waals surface area contributed by atoms with E-state index in [9.17, 15) is 13.2 Å². The molecule has 122 valence electrons. The molecular formula is C15H23N3O3S. The normalized spacial score (nSPS) is 17.4. The van der Waals surface area contributed by atoms with Crippen LogP contribution in [0.3, 0.4) is 0 Å². The van der Waals surface area contributed by atoms with Crippen LogP contribution >= 0.6 is 0 Å². The third-order valence-electron chi connectivity index (χ3n) is 4.03. The molecule has 0 saturated carbocycles. The van der Waals surface area contributed by atoms with E-state index in [1.54, 1.807) is 12.1 Å². The van der Waals surface area contributed by atoms with Crippen molar-refractivity contribution in [1.29, 1.82) is 0 Å². The minimum atomic E-state index is -3.65. The van der Waals surface area contributed by atoms with E-state index in [-0.39, 0.29) is 16.8 Å². The van der Waals surface area contributed by atoms with Gasteiger partial charge in [-0.05, 0) is 57.0 Å². The topological polar surface area (TPSA) is 92.5 Å². The minimum absolute atomic E-state index is 0.0445. The monoisotopic (exact) mass is 325 g/mol. The first-order chi connectivity index (χ1) is 10.4. The largest absolute Gasteiger partial charge is 0.354 e. The maximum Gasteiger partial charge on any atom is 0.238 e. The zero-order chi connectivity index (χ0) is 16.2. The molecule has 1 atom stereocenters. The lowest BCUT2D eigenvalue weighted by molar-refractivity contribution is -0.125. The van der Waals surface area contributed by atoms with Gasteiger partial charge in [0.2, 0.25) is 15.9 Å². The Labute approximate surface area is 131 Å². The Morgan fingerprint density at radius 2 is 1.86 bits per heavy atom. The highest BCUT2D eigenvalue weighted by atomic mass is 32.2. The summed E-state index contributed by atoms with van der Waals surface area (Å²) in [5, 5.41) is 7.98. The van der Waals surface area contributed by atoms with Crippen LogP contribution in [0, 0.1) is 0 Å². The van der Waals surface area contributed by atoms with Gasteiger partial charge in [0.1, 0.15) is 0 Å². The van der Waals surface area contributed by atoms with Crippen molar-refractivity contribution in [3.8, 4) is 0 Å². The molecule has 0 aliphatic carbocycles. The van der Waals surface area contributed by atoms with Crippen molar-refractivity contribution in [3.63, 3.8) is 0 Å². The van der Waals surface area contributed by atoms with Crippen LogP contribution in [-0.2, 0) is 21.2 Å². The van der Waals surface area contributed by atoms with Crippen LogP contribution in [-0.4, -0.2) is 44.9 Å². The van der Waals surface area contributed by atoms with Crippen LogP contribution in [0.4, 0.5) is 0 Å². The van der Waals surface area contributed by atoms with E-state index in [0.717, 1.165) is 31.5 Å². The molecule has 22 heavy (non-hydrogen) atoms. The van der Waals surface area contributed by atoms with Crippen LogP contribution < -0.4 is 10.5 Å². The summed E-state index contributed by atoms with van der Waals surface area (Å²) < 4.78 is 22.3. The first-order valence-corrected chi connectivity index (χ1v) is 9.06. The Bertz CT molecular complexity index is 607. The maximum atomic E-state index is 12.1. The average molecular weight is 325 g/mol. The molecule has 1 heterocycles. The Hall–Kier alpha value is -1.44. The van der Waals surface area contributed by atoms with Gasteiger partial charge in [-0.3, -0.25) is 9.69 Å². The molecule has 1 fully saturated rings. The quantitative estimate of drug-likeness (QED) is 0.795. The van der Waals surface area contributed by atoms with E-state index in [4.69, 9.17) is 5.14 Å². The first kappa shape index (κ1) is 16.9. The second kappa shape index (κ2) is 7.21. The number of amides is 1. The Balaban J connectivity index is 1.79. The van der Waals surface area contributed by atoms with Crippen molar-refractivity contribution in [3.05, 3.63) is 29.8 Å². The molecule has 1 aromatic carbocycles. The summed E-state index contributed by atoms with van der Waals surface area (Å²) in [6.45, 7) is 4.44. The van der Waals surface area contributed by atoms with Crippen LogP contribution in [0.1, 0.15) is 25.3 Å². The van der Waals surface area contributed by atoms with Gasteiger partial charge >= 0.3 is 0 Å². The number of likely N-dealkylation sites (tertiary alicyclic amines) is 1. The summed E-state index contributed by atoms with van der Waals surface area (Å²) in [4.78, 5) is 14.3. The van der Waals surface area contributed by atoms with Crippen molar-refractivity contribution in [1.82, 2.24) is 10.2 Å². The lowest BCUT2D eigenvalue weighted by Gasteiger charge is -2.22. The van der Waals surface area contributed by atoms with Crippen LogP contribution in [0.5, 0.6) is 0 Å². The number of nitrogens with one attached hydrogen (secondary N) is 1. The van der Waals surface area contributed by atoms with Gasteiger partial charge in [-0.15, -0.1) is 0 Å². The molecular weight excluding hydrogens is 302 g/mol. The van der Waals surface area contributed by atoms with Gasteiger partial charge in [0, 0.05) is 6.54 Å². The van der Waals surface area contributed by atoms with E-state index in [1.807, 2.05) is 6.92 Å². The van der Waals surface area contributed by atoms with Gasteiger partial charge in [0.25, 0.3) is 0 Å². The number of sulfonamides is 1. The Kier molecular flexibility index (Phi) is 5.55. The number of primary sulfonamides is 1. The minimum Gasteiger partial charge on any atom is -0.354 e.